The number of carbonyl (C=O) groups is 2. The largest absolute Gasteiger partial charge is 0.465 e. The topological polar surface area (TPSA) is 79.5 Å². The lowest BCUT2D eigenvalue weighted by Crippen LogP contribution is -2.23. The summed E-state index contributed by atoms with van der Waals surface area (Å²) in [6.07, 6.45) is 0. The maximum Gasteiger partial charge on any atom is 0.340 e. The number of hydrogen-bond donors (Lipinski definition) is 3. The number of benzene rings is 2. The zero-order valence-electron chi connectivity index (χ0n) is 16.5. The van der Waals surface area contributed by atoms with Gasteiger partial charge in [0.05, 0.1) is 12.7 Å². The number of carbonyl (C=O) groups excluding carboxylic acids is 2. The molecule has 6 nitrogen and oxygen atoms in total. The summed E-state index contributed by atoms with van der Waals surface area (Å²) in [6.45, 7) is 2.35. The van der Waals surface area contributed by atoms with Crippen LogP contribution in [0.25, 0.3) is 0 Å². The van der Waals surface area contributed by atoms with Gasteiger partial charge in [0, 0.05) is 22.7 Å². The number of thiocarbonyl (C=S) groups is 1. The first-order valence-electron chi connectivity index (χ1n) is 9.15. The Morgan fingerprint density at radius 1 is 1.03 bits per heavy atom. The molecule has 3 rings (SSSR count). The van der Waals surface area contributed by atoms with E-state index < -0.39 is 5.97 Å². The van der Waals surface area contributed by atoms with E-state index in [2.05, 4.69) is 16.0 Å². The lowest BCUT2D eigenvalue weighted by Gasteiger charge is -2.12. The maximum absolute atomic E-state index is 12.5. The number of nitrogens with one attached hydrogen (secondary N) is 3. The van der Waals surface area contributed by atoms with E-state index in [9.17, 15) is 9.59 Å². The van der Waals surface area contributed by atoms with Crippen molar-refractivity contribution in [3.63, 3.8) is 0 Å². The second kappa shape index (κ2) is 10.00. The fourth-order valence-electron chi connectivity index (χ4n) is 2.75. The molecule has 2 aromatic carbocycles. The second-order valence-electron chi connectivity index (χ2n) is 6.42. The number of esters is 1. The number of thiophene rings is 1. The molecule has 0 aliphatic carbocycles. The molecular weight excluding hydrogens is 418 g/mol. The zero-order chi connectivity index (χ0) is 21.5. The summed E-state index contributed by atoms with van der Waals surface area (Å²) in [5.41, 5.74) is 2.63. The van der Waals surface area contributed by atoms with Gasteiger partial charge in [0.25, 0.3) is 5.91 Å². The van der Waals surface area contributed by atoms with Gasteiger partial charge in [-0.2, -0.15) is 0 Å². The lowest BCUT2D eigenvalue weighted by molar-refractivity contribution is 0.0602. The van der Waals surface area contributed by atoms with Crippen LogP contribution in [0.1, 0.15) is 31.2 Å². The highest BCUT2D eigenvalue weighted by Gasteiger charge is 2.16. The minimum absolute atomic E-state index is 0.178. The van der Waals surface area contributed by atoms with Crippen LogP contribution in [-0.2, 0) is 11.3 Å². The van der Waals surface area contributed by atoms with E-state index in [0.717, 1.165) is 10.4 Å². The van der Waals surface area contributed by atoms with Crippen LogP contribution in [0.5, 0.6) is 0 Å². The van der Waals surface area contributed by atoms with Gasteiger partial charge in [0.1, 0.15) is 5.00 Å². The molecule has 8 heteroatoms. The van der Waals surface area contributed by atoms with Gasteiger partial charge < -0.3 is 20.7 Å². The third-order valence-electron chi connectivity index (χ3n) is 4.17. The van der Waals surface area contributed by atoms with Crippen molar-refractivity contribution in [1.29, 1.82) is 0 Å². The van der Waals surface area contributed by atoms with Crippen LogP contribution in [0, 0.1) is 6.92 Å². The molecule has 1 heterocycles. The normalized spacial score (nSPS) is 10.2. The molecule has 0 bridgehead atoms. The second-order valence-corrected chi connectivity index (χ2v) is 8.08. The van der Waals surface area contributed by atoms with Crippen LogP contribution in [0.4, 0.5) is 10.7 Å². The van der Waals surface area contributed by atoms with Gasteiger partial charge in [-0.05, 0) is 49.0 Å². The third kappa shape index (κ3) is 5.65. The van der Waals surface area contributed by atoms with Crippen LogP contribution in [0.3, 0.4) is 0 Å². The SMILES string of the molecule is COC(=O)c1cc(C)sc1NC(=S)Nc1cccc(C(=O)NCc2ccccc2)c1. The Morgan fingerprint density at radius 2 is 1.80 bits per heavy atom. The smallest absolute Gasteiger partial charge is 0.340 e. The Balaban J connectivity index is 1.63. The van der Waals surface area contributed by atoms with Crippen molar-refractivity contribution in [3.8, 4) is 0 Å². The molecule has 0 fully saturated rings. The molecule has 0 atom stereocenters. The highest BCUT2D eigenvalue weighted by atomic mass is 32.1. The van der Waals surface area contributed by atoms with Gasteiger partial charge in [-0.1, -0.05) is 36.4 Å². The number of methoxy groups -OCH3 is 1. The summed E-state index contributed by atoms with van der Waals surface area (Å²) in [5, 5.41) is 9.89. The average Bonchev–Trinajstić information content (AvgIpc) is 3.12. The van der Waals surface area contributed by atoms with Crippen molar-refractivity contribution in [1.82, 2.24) is 5.32 Å². The van der Waals surface area contributed by atoms with Crippen molar-refractivity contribution in [2.75, 3.05) is 17.7 Å². The lowest BCUT2D eigenvalue weighted by atomic mass is 10.1. The molecule has 3 N–H and O–H groups in total. The average molecular weight is 440 g/mol. The number of hydrogen-bond acceptors (Lipinski definition) is 5. The Morgan fingerprint density at radius 3 is 2.53 bits per heavy atom. The van der Waals surface area contributed by atoms with E-state index in [0.29, 0.717) is 33.5 Å². The first-order valence-corrected chi connectivity index (χ1v) is 10.4. The highest BCUT2D eigenvalue weighted by molar-refractivity contribution is 7.80. The molecule has 1 aromatic heterocycles. The molecule has 1 amide bonds. The summed E-state index contributed by atoms with van der Waals surface area (Å²) in [4.78, 5) is 25.3. The molecule has 0 spiro atoms. The molecule has 0 aliphatic heterocycles. The van der Waals surface area contributed by atoms with Crippen LogP contribution in [-0.4, -0.2) is 24.1 Å². The minimum atomic E-state index is -0.429. The first-order chi connectivity index (χ1) is 14.5. The fraction of sp³-hybridized carbons (Fsp3) is 0.136. The van der Waals surface area contributed by atoms with Gasteiger partial charge >= 0.3 is 5.97 Å². The monoisotopic (exact) mass is 439 g/mol. The Labute approximate surface area is 184 Å². The van der Waals surface area contributed by atoms with E-state index in [-0.39, 0.29) is 5.91 Å². The molecule has 154 valence electrons. The summed E-state index contributed by atoms with van der Waals surface area (Å²) < 4.78 is 4.81. The molecule has 3 aromatic rings. The predicted molar refractivity (Wildman–Crippen MR) is 124 cm³/mol. The van der Waals surface area contributed by atoms with E-state index >= 15 is 0 Å². The number of ether oxygens (including phenoxy) is 1. The van der Waals surface area contributed by atoms with E-state index in [1.165, 1.54) is 18.4 Å². The van der Waals surface area contributed by atoms with E-state index in [4.69, 9.17) is 17.0 Å². The van der Waals surface area contributed by atoms with Gasteiger partial charge in [-0.15, -0.1) is 11.3 Å². The molecule has 0 unspecified atom stereocenters. The molecule has 0 saturated heterocycles. The van der Waals surface area contributed by atoms with Gasteiger partial charge in [0.15, 0.2) is 5.11 Å². The molecule has 0 radical (unpaired) electrons. The summed E-state index contributed by atoms with van der Waals surface area (Å²) >= 11 is 6.77. The summed E-state index contributed by atoms with van der Waals surface area (Å²) in [6, 6.07) is 18.5. The van der Waals surface area contributed by atoms with Crippen LogP contribution in [0.2, 0.25) is 0 Å². The van der Waals surface area contributed by atoms with E-state index in [1.807, 2.05) is 43.3 Å². The number of rotatable bonds is 6. The molecule has 0 saturated carbocycles. The van der Waals surface area contributed by atoms with Gasteiger partial charge in [-0.3, -0.25) is 4.79 Å². The van der Waals surface area contributed by atoms with Crippen molar-refractivity contribution in [2.24, 2.45) is 0 Å². The van der Waals surface area contributed by atoms with Crippen LogP contribution in [0.15, 0.2) is 60.7 Å². The number of anilines is 2. The van der Waals surface area contributed by atoms with Crippen molar-refractivity contribution in [3.05, 3.63) is 82.2 Å². The molecule has 0 aliphatic rings. The molecule has 30 heavy (non-hydrogen) atoms. The van der Waals surface area contributed by atoms with Gasteiger partial charge in [0.2, 0.25) is 0 Å². The quantitative estimate of drug-likeness (QED) is 0.385. The minimum Gasteiger partial charge on any atom is -0.465 e. The van der Waals surface area contributed by atoms with Gasteiger partial charge in [-0.25, -0.2) is 4.79 Å². The standard InChI is InChI=1S/C22H21N3O3S2/c1-14-11-18(21(27)28-2)20(30-14)25-22(29)24-17-10-6-9-16(12-17)19(26)23-13-15-7-4-3-5-8-15/h3-12H,13H2,1-2H3,(H,23,26)(H2,24,25,29). The highest BCUT2D eigenvalue weighted by Crippen LogP contribution is 2.28. The Kier molecular flexibility index (Phi) is 7.16. The fourth-order valence-corrected chi connectivity index (χ4v) is 3.94. The van der Waals surface area contributed by atoms with Crippen molar-refractivity contribution in [2.45, 2.75) is 13.5 Å². The molecular formula is C22H21N3O3S2. The van der Waals surface area contributed by atoms with Crippen molar-refractivity contribution < 1.29 is 14.3 Å². The summed E-state index contributed by atoms with van der Waals surface area (Å²) in [5.74, 6) is -0.607. The Bertz CT molecular complexity index is 1060. The predicted octanol–water partition coefficient (Wildman–Crippen LogP) is 4.58. The van der Waals surface area contributed by atoms with Crippen molar-refractivity contribution >= 4 is 51.2 Å². The van der Waals surface area contributed by atoms with E-state index in [1.54, 1.807) is 24.3 Å². The number of amides is 1. The van der Waals surface area contributed by atoms with Crippen LogP contribution < -0.4 is 16.0 Å². The zero-order valence-corrected chi connectivity index (χ0v) is 18.2. The van der Waals surface area contributed by atoms with Crippen LogP contribution >= 0.6 is 23.6 Å². The first kappa shape index (κ1) is 21.5. The maximum atomic E-state index is 12.5. The third-order valence-corrected chi connectivity index (χ3v) is 5.34. The number of aryl methyl sites for hydroxylation is 1. The summed E-state index contributed by atoms with van der Waals surface area (Å²) in [7, 11) is 1.34. The Hall–Kier alpha value is -3.23.